The molecule has 4 nitrogen and oxygen atoms in total. The third-order valence-electron chi connectivity index (χ3n) is 3.09. The average molecular weight is 247 g/mol. The van der Waals surface area contributed by atoms with E-state index in [-0.39, 0.29) is 24.4 Å². The second-order valence-electron chi connectivity index (χ2n) is 4.65. The van der Waals surface area contributed by atoms with Gasteiger partial charge in [0, 0.05) is 5.69 Å². The number of carbonyl (C=O) groups excluding carboxylic acids is 2. The molecule has 18 heavy (non-hydrogen) atoms. The number of carbonyl (C=O) groups is 2. The highest BCUT2D eigenvalue weighted by molar-refractivity contribution is 5.93. The van der Waals surface area contributed by atoms with Gasteiger partial charge in [-0.1, -0.05) is 18.6 Å². The smallest absolute Gasteiger partial charge is 0.309 e. The minimum absolute atomic E-state index is 0.0109. The zero-order valence-corrected chi connectivity index (χ0v) is 10.4. The fourth-order valence-electron chi connectivity index (χ4n) is 1.82. The number of amides is 1. The zero-order chi connectivity index (χ0) is 13.0. The van der Waals surface area contributed by atoms with Crippen LogP contribution in [0.4, 0.5) is 5.69 Å². The van der Waals surface area contributed by atoms with E-state index in [1.807, 2.05) is 25.1 Å². The summed E-state index contributed by atoms with van der Waals surface area (Å²) < 4.78 is 4.96. The highest BCUT2D eigenvalue weighted by Gasteiger charge is 2.26. The molecule has 0 aromatic heterocycles. The van der Waals surface area contributed by atoms with Gasteiger partial charge in [0.1, 0.15) is 0 Å². The topological polar surface area (TPSA) is 55.4 Å². The van der Waals surface area contributed by atoms with Crippen LogP contribution in [-0.4, -0.2) is 18.5 Å². The van der Waals surface area contributed by atoms with Gasteiger partial charge in [-0.2, -0.15) is 0 Å². The Balaban J connectivity index is 1.76. The molecule has 4 heteroatoms. The second-order valence-corrected chi connectivity index (χ2v) is 4.65. The molecule has 2 rings (SSSR count). The maximum atomic E-state index is 11.6. The van der Waals surface area contributed by atoms with Crippen LogP contribution in [0.5, 0.6) is 0 Å². The molecule has 1 amide bonds. The van der Waals surface area contributed by atoms with E-state index in [9.17, 15) is 9.59 Å². The molecule has 1 aliphatic carbocycles. The van der Waals surface area contributed by atoms with Crippen LogP contribution in [-0.2, 0) is 14.3 Å². The molecule has 0 saturated heterocycles. The number of ether oxygens (including phenoxy) is 1. The van der Waals surface area contributed by atoms with Crippen molar-refractivity contribution < 1.29 is 14.3 Å². The summed E-state index contributed by atoms with van der Waals surface area (Å²) in [4.78, 5) is 23.0. The molecular weight excluding hydrogens is 230 g/mol. The number of hydrogen-bond acceptors (Lipinski definition) is 3. The molecule has 0 bridgehead atoms. The van der Waals surface area contributed by atoms with Crippen LogP contribution in [0.15, 0.2) is 24.3 Å². The number of rotatable bonds is 4. The van der Waals surface area contributed by atoms with E-state index in [0.717, 1.165) is 30.5 Å². The largest absolute Gasteiger partial charge is 0.455 e. The van der Waals surface area contributed by atoms with Crippen LogP contribution >= 0.6 is 0 Å². The van der Waals surface area contributed by atoms with Crippen LogP contribution < -0.4 is 5.32 Å². The molecule has 0 spiro atoms. The van der Waals surface area contributed by atoms with Crippen LogP contribution in [0.2, 0.25) is 0 Å². The molecule has 1 aromatic rings. The predicted molar refractivity (Wildman–Crippen MR) is 68.1 cm³/mol. The number of benzene rings is 1. The Morgan fingerprint density at radius 2 is 2.17 bits per heavy atom. The quantitative estimate of drug-likeness (QED) is 0.830. The van der Waals surface area contributed by atoms with Crippen molar-refractivity contribution in [1.82, 2.24) is 0 Å². The van der Waals surface area contributed by atoms with Crippen molar-refractivity contribution in [1.29, 1.82) is 0 Å². The number of hydrogen-bond donors (Lipinski definition) is 1. The Morgan fingerprint density at radius 1 is 1.39 bits per heavy atom. The zero-order valence-electron chi connectivity index (χ0n) is 10.4. The normalized spacial score (nSPS) is 14.7. The van der Waals surface area contributed by atoms with E-state index in [1.165, 1.54) is 0 Å². The van der Waals surface area contributed by atoms with Gasteiger partial charge in [0.05, 0.1) is 5.92 Å². The highest BCUT2D eigenvalue weighted by Crippen LogP contribution is 2.27. The van der Waals surface area contributed by atoms with E-state index in [4.69, 9.17) is 4.74 Å². The number of esters is 1. The molecule has 96 valence electrons. The van der Waals surface area contributed by atoms with Gasteiger partial charge >= 0.3 is 5.97 Å². The maximum Gasteiger partial charge on any atom is 0.309 e. The Hall–Kier alpha value is -1.84. The molecule has 1 aliphatic rings. The lowest BCUT2D eigenvalue weighted by atomic mass is 9.86. The molecule has 0 radical (unpaired) electrons. The number of nitrogens with one attached hydrogen (secondary N) is 1. The van der Waals surface area contributed by atoms with Crippen LogP contribution in [0.25, 0.3) is 0 Å². The van der Waals surface area contributed by atoms with Crippen molar-refractivity contribution in [3.05, 3.63) is 29.8 Å². The van der Waals surface area contributed by atoms with Gasteiger partial charge in [0.2, 0.25) is 0 Å². The van der Waals surface area contributed by atoms with Gasteiger partial charge in [0.15, 0.2) is 6.61 Å². The minimum atomic E-state index is -0.298. The first-order chi connectivity index (χ1) is 8.65. The van der Waals surface area contributed by atoms with E-state index in [1.54, 1.807) is 6.07 Å². The van der Waals surface area contributed by atoms with Crippen molar-refractivity contribution in [3.8, 4) is 0 Å². The summed E-state index contributed by atoms with van der Waals surface area (Å²) in [7, 11) is 0. The minimum Gasteiger partial charge on any atom is -0.455 e. The van der Waals surface area contributed by atoms with Crippen molar-refractivity contribution in [2.24, 2.45) is 5.92 Å². The third-order valence-corrected chi connectivity index (χ3v) is 3.09. The molecule has 1 aromatic carbocycles. The second kappa shape index (κ2) is 5.67. The van der Waals surface area contributed by atoms with Crippen molar-refractivity contribution >= 4 is 17.6 Å². The number of aryl methyl sites for hydroxylation is 1. The first-order valence-corrected chi connectivity index (χ1v) is 6.18. The van der Waals surface area contributed by atoms with Gasteiger partial charge in [-0.05, 0) is 37.5 Å². The van der Waals surface area contributed by atoms with Gasteiger partial charge in [-0.3, -0.25) is 9.59 Å². The fourth-order valence-corrected chi connectivity index (χ4v) is 1.82. The highest BCUT2D eigenvalue weighted by atomic mass is 16.5. The molecule has 1 N–H and O–H groups in total. The van der Waals surface area contributed by atoms with Gasteiger partial charge < -0.3 is 10.1 Å². The lowest BCUT2D eigenvalue weighted by Gasteiger charge is -2.22. The average Bonchev–Trinajstić information content (AvgIpc) is 2.24. The van der Waals surface area contributed by atoms with Crippen molar-refractivity contribution in [2.45, 2.75) is 26.2 Å². The SMILES string of the molecule is Cc1cccc(NC(=O)COC(=O)C2CCC2)c1. The third kappa shape index (κ3) is 3.32. The van der Waals surface area contributed by atoms with Crippen LogP contribution in [0, 0.1) is 12.8 Å². The fraction of sp³-hybridized carbons (Fsp3) is 0.429. The Bertz CT molecular complexity index is 452. The van der Waals surface area contributed by atoms with Crippen molar-refractivity contribution in [3.63, 3.8) is 0 Å². The molecule has 0 atom stereocenters. The molecule has 0 unspecified atom stereocenters. The summed E-state index contributed by atoms with van der Waals surface area (Å²) in [6.07, 6.45) is 2.85. The molecule has 1 fully saturated rings. The van der Waals surface area contributed by atoms with E-state index >= 15 is 0 Å². The molecule has 1 saturated carbocycles. The van der Waals surface area contributed by atoms with Gasteiger partial charge in [-0.15, -0.1) is 0 Å². The summed E-state index contributed by atoms with van der Waals surface area (Å²) in [5, 5.41) is 2.70. The van der Waals surface area contributed by atoms with Gasteiger partial charge in [0.25, 0.3) is 5.91 Å². The van der Waals surface area contributed by atoms with Crippen molar-refractivity contribution in [2.75, 3.05) is 11.9 Å². The van der Waals surface area contributed by atoms with E-state index in [0.29, 0.717) is 0 Å². The summed E-state index contributed by atoms with van der Waals surface area (Å²) in [6.45, 7) is 1.75. The lowest BCUT2D eigenvalue weighted by molar-refractivity contribution is -0.154. The van der Waals surface area contributed by atoms with Gasteiger partial charge in [-0.25, -0.2) is 0 Å². The van der Waals surface area contributed by atoms with Crippen LogP contribution in [0.3, 0.4) is 0 Å². The summed E-state index contributed by atoms with van der Waals surface area (Å²) in [5.74, 6) is -0.536. The standard InChI is InChI=1S/C14H17NO3/c1-10-4-2-7-12(8-10)15-13(16)9-18-14(17)11-5-3-6-11/h2,4,7-8,11H,3,5-6,9H2,1H3,(H,15,16). The molecular formula is C14H17NO3. The summed E-state index contributed by atoms with van der Waals surface area (Å²) in [5.41, 5.74) is 1.79. The van der Waals surface area contributed by atoms with Crippen LogP contribution in [0.1, 0.15) is 24.8 Å². The summed E-state index contributed by atoms with van der Waals surface area (Å²) >= 11 is 0. The Kier molecular flexibility index (Phi) is 3.97. The first-order valence-electron chi connectivity index (χ1n) is 6.18. The predicted octanol–water partition coefficient (Wildman–Crippen LogP) is 2.28. The first kappa shape index (κ1) is 12.6. The summed E-state index contributed by atoms with van der Waals surface area (Å²) in [6, 6.07) is 7.49. The Morgan fingerprint density at radius 3 is 2.78 bits per heavy atom. The monoisotopic (exact) mass is 247 g/mol. The Labute approximate surface area is 106 Å². The number of anilines is 1. The molecule has 0 aliphatic heterocycles. The molecule has 0 heterocycles. The maximum absolute atomic E-state index is 11.6. The van der Waals surface area contributed by atoms with E-state index in [2.05, 4.69) is 5.32 Å². The van der Waals surface area contributed by atoms with E-state index < -0.39 is 0 Å². The lowest BCUT2D eigenvalue weighted by Crippen LogP contribution is -2.28.